The maximum absolute atomic E-state index is 2.43. The Morgan fingerprint density at radius 1 is 0.212 bits per heavy atom. The summed E-state index contributed by atoms with van der Waals surface area (Å²) in [5, 5.41) is 2.48. The van der Waals surface area contributed by atoms with Crippen LogP contribution in [0, 0.1) is 0 Å². The monoisotopic (exact) mass is 1020 g/mol. The zero-order chi connectivity index (χ0) is 53.2. The minimum atomic E-state index is 1.06. The molecule has 0 aliphatic carbocycles. The molecular formula is C78H54N2. The van der Waals surface area contributed by atoms with Crippen LogP contribution in [0.1, 0.15) is 0 Å². The normalized spacial score (nSPS) is 11.2. The van der Waals surface area contributed by atoms with Crippen molar-refractivity contribution in [1.29, 1.82) is 0 Å². The standard InChI is InChI=1S/C78H54N2/c1-6-22-55(23-7-1)63-49-64(56-24-8-2-9-25-56)52-67(51-63)59-40-44-70(45-41-59)79(71-46-42-60(43-47-71)68-53-65(57-26-10-3-11-27-57)50-66(54-68)58-28-12-4-13-29-58)75-37-18-16-34-72(75)61-30-20-31-62(48-61)73-36-21-39-77-78(73)74-35-17-19-38-76(74)80(77)69-32-14-5-15-33-69/h1-54H. The number of anilines is 3. The van der Waals surface area contributed by atoms with E-state index in [1.54, 1.807) is 0 Å². The minimum absolute atomic E-state index is 1.06. The van der Waals surface area contributed by atoms with Gasteiger partial charge >= 0.3 is 0 Å². The van der Waals surface area contributed by atoms with Gasteiger partial charge in [-0.15, -0.1) is 0 Å². The molecular weight excluding hydrogens is 965 g/mol. The fourth-order valence-corrected chi connectivity index (χ4v) is 11.7. The molecule has 0 fully saturated rings. The lowest BCUT2D eigenvalue weighted by Crippen LogP contribution is -2.11. The van der Waals surface area contributed by atoms with E-state index in [-0.39, 0.29) is 0 Å². The Bertz CT molecular complexity index is 4180. The first-order chi connectivity index (χ1) is 39.7. The van der Waals surface area contributed by atoms with Gasteiger partial charge in [-0.05, 0) is 181 Å². The molecule has 14 aromatic rings. The molecule has 0 amide bonds. The van der Waals surface area contributed by atoms with Gasteiger partial charge in [-0.2, -0.15) is 0 Å². The van der Waals surface area contributed by atoms with Gasteiger partial charge in [0, 0.05) is 33.4 Å². The third-order valence-corrected chi connectivity index (χ3v) is 15.6. The maximum Gasteiger partial charge on any atom is 0.0547 e. The predicted molar refractivity (Wildman–Crippen MR) is 339 cm³/mol. The van der Waals surface area contributed by atoms with Crippen molar-refractivity contribution in [3.05, 3.63) is 328 Å². The summed E-state index contributed by atoms with van der Waals surface area (Å²) in [5.74, 6) is 0. The van der Waals surface area contributed by atoms with E-state index >= 15 is 0 Å². The second-order valence-electron chi connectivity index (χ2n) is 20.5. The smallest absolute Gasteiger partial charge is 0.0547 e. The van der Waals surface area contributed by atoms with Gasteiger partial charge in [-0.3, -0.25) is 0 Å². The van der Waals surface area contributed by atoms with Crippen molar-refractivity contribution >= 4 is 38.9 Å². The summed E-state index contributed by atoms with van der Waals surface area (Å²) in [7, 11) is 0. The number of para-hydroxylation sites is 3. The van der Waals surface area contributed by atoms with E-state index in [0.717, 1.165) is 45.0 Å². The van der Waals surface area contributed by atoms with E-state index in [9.17, 15) is 0 Å². The van der Waals surface area contributed by atoms with Crippen LogP contribution in [-0.4, -0.2) is 4.57 Å². The lowest BCUT2D eigenvalue weighted by atomic mass is 9.93. The SMILES string of the molecule is c1ccc(-c2cc(-c3ccccc3)cc(-c3ccc(N(c4ccc(-c5cc(-c6ccccc6)cc(-c6ccccc6)c5)cc4)c4ccccc4-c4cccc(-c5cccc6c5c5ccccc5n6-c5ccccc5)c4)cc3)c2)cc1. The van der Waals surface area contributed by atoms with Crippen molar-refractivity contribution in [2.45, 2.75) is 0 Å². The van der Waals surface area contributed by atoms with Crippen LogP contribution >= 0.6 is 0 Å². The number of hydrogen-bond acceptors (Lipinski definition) is 1. The Kier molecular flexibility index (Phi) is 12.6. The largest absolute Gasteiger partial charge is 0.310 e. The molecule has 0 spiro atoms. The summed E-state index contributed by atoms with van der Waals surface area (Å²) in [6.07, 6.45) is 0. The highest BCUT2D eigenvalue weighted by molar-refractivity contribution is 6.16. The van der Waals surface area contributed by atoms with E-state index in [2.05, 4.69) is 337 Å². The average Bonchev–Trinajstić information content (AvgIpc) is 3.97. The van der Waals surface area contributed by atoms with Gasteiger partial charge in [0.2, 0.25) is 0 Å². The molecule has 0 bridgehead atoms. The van der Waals surface area contributed by atoms with Gasteiger partial charge in [-0.25, -0.2) is 0 Å². The molecule has 80 heavy (non-hydrogen) atoms. The summed E-state index contributed by atoms with van der Waals surface area (Å²) in [6.45, 7) is 0. The van der Waals surface area contributed by atoms with E-state index in [1.165, 1.54) is 88.6 Å². The van der Waals surface area contributed by atoms with Gasteiger partial charge in [0.05, 0.1) is 16.7 Å². The van der Waals surface area contributed by atoms with Crippen LogP contribution in [0.25, 0.3) is 117 Å². The molecule has 376 valence electrons. The number of fused-ring (bicyclic) bond motifs is 3. The maximum atomic E-state index is 2.43. The molecule has 0 aliphatic heterocycles. The van der Waals surface area contributed by atoms with Crippen LogP contribution in [0.3, 0.4) is 0 Å². The highest BCUT2D eigenvalue weighted by Crippen LogP contribution is 2.45. The van der Waals surface area contributed by atoms with E-state index < -0.39 is 0 Å². The molecule has 0 N–H and O–H groups in total. The summed E-state index contributed by atoms with van der Waals surface area (Å²) in [6, 6.07) is 119. The molecule has 0 aliphatic rings. The Morgan fingerprint density at radius 3 is 1.01 bits per heavy atom. The highest BCUT2D eigenvalue weighted by atomic mass is 15.1. The van der Waals surface area contributed by atoms with Crippen LogP contribution in [0.15, 0.2) is 328 Å². The second kappa shape index (κ2) is 21.1. The number of nitrogens with zero attached hydrogens (tertiary/aromatic N) is 2. The molecule has 13 aromatic carbocycles. The molecule has 1 aromatic heterocycles. The molecule has 2 heteroatoms. The Balaban J connectivity index is 0.903. The van der Waals surface area contributed by atoms with Crippen LogP contribution in [0.2, 0.25) is 0 Å². The zero-order valence-corrected chi connectivity index (χ0v) is 44.1. The molecule has 0 atom stereocenters. The molecule has 0 saturated carbocycles. The number of benzene rings is 13. The van der Waals surface area contributed by atoms with E-state index in [0.29, 0.717) is 0 Å². The molecule has 0 saturated heterocycles. The van der Waals surface area contributed by atoms with Gasteiger partial charge < -0.3 is 9.47 Å². The van der Waals surface area contributed by atoms with Crippen LogP contribution in [-0.2, 0) is 0 Å². The van der Waals surface area contributed by atoms with Gasteiger partial charge in [0.15, 0.2) is 0 Å². The van der Waals surface area contributed by atoms with Crippen LogP contribution < -0.4 is 4.90 Å². The van der Waals surface area contributed by atoms with Gasteiger partial charge in [0.25, 0.3) is 0 Å². The summed E-state index contributed by atoms with van der Waals surface area (Å²) in [4.78, 5) is 2.43. The molecule has 1 heterocycles. The fraction of sp³-hybridized carbons (Fsp3) is 0. The fourth-order valence-electron chi connectivity index (χ4n) is 11.7. The van der Waals surface area contributed by atoms with Crippen molar-refractivity contribution in [2.24, 2.45) is 0 Å². The highest BCUT2D eigenvalue weighted by Gasteiger charge is 2.21. The van der Waals surface area contributed by atoms with Crippen molar-refractivity contribution in [2.75, 3.05) is 4.90 Å². The third kappa shape index (κ3) is 9.25. The topological polar surface area (TPSA) is 8.17 Å². The minimum Gasteiger partial charge on any atom is -0.310 e. The number of hydrogen-bond donors (Lipinski definition) is 0. The van der Waals surface area contributed by atoms with E-state index in [4.69, 9.17) is 0 Å². The molecule has 2 nitrogen and oxygen atoms in total. The molecule has 0 radical (unpaired) electrons. The molecule has 14 rings (SSSR count). The number of aromatic nitrogens is 1. The first-order valence-corrected chi connectivity index (χ1v) is 27.5. The quantitative estimate of drug-likeness (QED) is 0.118. The third-order valence-electron chi connectivity index (χ3n) is 15.6. The van der Waals surface area contributed by atoms with Crippen molar-refractivity contribution in [3.8, 4) is 94.7 Å². The van der Waals surface area contributed by atoms with Crippen LogP contribution in [0.4, 0.5) is 17.1 Å². The van der Waals surface area contributed by atoms with Crippen molar-refractivity contribution < 1.29 is 0 Å². The van der Waals surface area contributed by atoms with Crippen molar-refractivity contribution in [1.82, 2.24) is 4.57 Å². The first kappa shape index (κ1) is 47.9. The Labute approximate surface area is 468 Å². The van der Waals surface area contributed by atoms with Gasteiger partial charge in [0.1, 0.15) is 0 Å². The number of rotatable bonds is 12. The zero-order valence-electron chi connectivity index (χ0n) is 44.1. The van der Waals surface area contributed by atoms with Crippen molar-refractivity contribution in [3.63, 3.8) is 0 Å². The Hall–Kier alpha value is -10.5. The first-order valence-electron chi connectivity index (χ1n) is 27.5. The average molecular weight is 1020 g/mol. The summed E-state index contributed by atoms with van der Waals surface area (Å²) < 4.78 is 2.39. The lowest BCUT2D eigenvalue weighted by molar-refractivity contribution is 1.18. The summed E-state index contributed by atoms with van der Waals surface area (Å²) >= 11 is 0. The van der Waals surface area contributed by atoms with Crippen LogP contribution in [0.5, 0.6) is 0 Å². The van der Waals surface area contributed by atoms with Gasteiger partial charge in [-0.1, -0.05) is 231 Å². The summed E-state index contributed by atoms with van der Waals surface area (Å²) in [5.41, 5.74) is 25.5. The molecule has 0 unspecified atom stereocenters. The Morgan fingerprint density at radius 2 is 0.537 bits per heavy atom. The van der Waals surface area contributed by atoms with E-state index in [1.807, 2.05) is 0 Å². The lowest BCUT2D eigenvalue weighted by Gasteiger charge is -2.28. The second-order valence-corrected chi connectivity index (χ2v) is 20.5. The predicted octanol–water partition coefficient (Wildman–Crippen LogP) is 21.6.